The maximum absolute atomic E-state index is 13.2. The van der Waals surface area contributed by atoms with Gasteiger partial charge in [-0.1, -0.05) is 31.4 Å². The van der Waals surface area contributed by atoms with E-state index in [2.05, 4.69) is 10.2 Å². The molecular weight excluding hydrogens is 354 g/mol. The summed E-state index contributed by atoms with van der Waals surface area (Å²) in [6.07, 6.45) is 9.62. The van der Waals surface area contributed by atoms with Crippen molar-refractivity contribution in [2.24, 2.45) is 0 Å². The number of likely N-dealkylation sites (tertiary alicyclic amines) is 1. The van der Waals surface area contributed by atoms with E-state index < -0.39 is 5.97 Å². The number of nitrogens with one attached hydrogen (secondary N) is 1. The number of nitrogens with zero attached hydrogens (tertiary/aromatic N) is 2. The third kappa shape index (κ3) is 3.81. The molecule has 28 heavy (non-hydrogen) atoms. The lowest BCUT2D eigenvalue weighted by molar-refractivity contribution is 0.0693. The molecule has 0 unspecified atom stereocenters. The average Bonchev–Trinajstić information content (AvgIpc) is 3.24. The van der Waals surface area contributed by atoms with Crippen LogP contribution in [0.4, 0.5) is 0 Å². The van der Waals surface area contributed by atoms with Crippen LogP contribution in [-0.4, -0.2) is 45.2 Å². The fourth-order valence-corrected chi connectivity index (χ4v) is 4.67. The summed E-state index contributed by atoms with van der Waals surface area (Å²) in [5.41, 5.74) is 3.14. The molecule has 6 nitrogen and oxygen atoms in total. The molecule has 6 heteroatoms. The first-order valence-corrected chi connectivity index (χ1v) is 10.3. The van der Waals surface area contributed by atoms with Gasteiger partial charge >= 0.3 is 5.97 Å². The summed E-state index contributed by atoms with van der Waals surface area (Å²) >= 11 is 0. The summed E-state index contributed by atoms with van der Waals surface area (Å²) in [5, 5.41) is 16.4. The number of hydrogen-bond donors (Lipinski definition) is 2. The fourth-order valence-electron chi connectivity index (χ4n) is 4.67. The van der Waals surface area contributed by atoms with Crippen LogP contribution < -0.4 is 0 Å². The number of benzene rings is 1. The zero-order chi connectivity index (χ0) is 19.5. The average molecular weight is 381 g/mol. The molecule has 1 aromatic carbocycles. The quantitative estimate of drug-likeness (QED) is 0.832. The number of H-pyrrole nitrogens is 1. The normalized spacial score (nSPS) is 20.9. The van der Waals surface area contributed by atoms with Crippen molar-refractivity contribution >= 4 is 11.9 Å². The van der Waals surface area contributed by atoms with Crippen LogP contribution in [0, 0.1) is 0 Å². The van der Waals surface area contributed by atoms with Gasteiger partial charge in [0.1, 0.15) is 0 Å². The Labute approximate surface area is 164 Å². The standard InChI is InChI=1S/C22H27N3O3/c26-21(19-13-23-24-20(19)16-5-2-1-3-6-16)25-12-4-7-18(14-25)15-8-10-17(11-9-15)22(27)28/h8-11,13,16,18H,1-7,12,14H2,(H,23,24)(H,27,28)/t18-/m0/s1. The van der Waals surface area contributed by atoms with E-state index in [0.717, 1.165) is 49.0 Å². The Hall–Kier alpha value is -2.63. The molecule has 4 rings (SSSR count). The van der Waals surface area contributed by atoms with Crippen molar-refractivity contribution in [3.63, 3.8) is 0 Å². The summed E-state index contributed by atoms with van der Waals surface area (Å²) in [6.45, 7) is 1.43. The van der Waals surface area contributed by atoms with Gasteiger partial charge < -0.3 is 10.0 Å². The Morgan fingerprint density at radius 2 is 1.71 bits per heavy atom. The Morgan fingerprint density at radius 1 is 1.00 bits per heavy atom. The number of aromatic carboxylic acids is 1. The van der Waals surface area contributed by atoms with Crippen LogP contribution in [0.15, 0.2) is 30.5 Å². The Kier molecular flexibility index (Phi) is 5.46. The van der Waals surface area contributed by atoms with Crippen LogP contribution in [-0.2, 0) is 0 Å². The smallest absolute Gasteiger partial charge is 0.335 e. The Bertz CT molecular complexity index is 837. The van der Waals surface area contributed by atoms with Crippen LogP contribution >= 0.6 is 0 Å². The van der Waals surface area contributed by atoms with Crippen LogP contribution in [0.5, 0.6) is 0 Å². The van der Waals surface area contributed by atoms with E-state index >= 15 is 0 Å². The number of carboxylic acid groups (broad SMARTS) is 1. The lowest BCUT2D eigenvalue weighted by atomic mass is 9.85. The number of amides is 1. The van der Waals surface area contributed by atoms with E-state index in [1.807, 2.05) is 17.0 Å². The molecule has 2 aromatic rings. The van der Waals surface area contributed by atoms with Crippen LogP contribution in [0.3, 0.4) is 0 Å². The first-order chi connectivity index (χ1) is 13.6. The Balaban J connectivity index is 1.48. The van der Waals surface area contributed by atoms with Gasteiger partial charge in [-0.2, -0.15) is 5.10 Å². The third-order valence-corrected chi connectivity index (χ3v) is 6.25. The summed E-state index contributed by atoms with van der Waals surface area (Å²) in [7, 11) is 0. The van der Waals surface area contributed by atoms with Crippen molar-refractivity contribution in [2.75, 3.05) is 13.1 Å². The third-order valence-electron chi connectivity index (χ3n) is 6.25. The highest BCUT2D eigenvalue weighted by Crippen LogP contribution is 2.34. The highest BCUT2D eigenvalue weighted by molar-refractivity contribution is 5.95. The number of aromatic nitrogens is 2. The number of rotatable bonds is 4. The van der Waals surface area contributed by atoms with Gasteiger partial charge in [-0.3, -0.25) is 9.89 Å². The fraction of sp³-hybridized carbons (Fsp3) is 0.500. The Morgan fingerprint density at radius 3 is 2.43 bits per heavy atom. The predicted molar refractivity (Wildman–Crippen MR) is 106 cm³/mol. The van der Waals surface area contributed by atoms with Gasteiger partial charge in [-0.25, -0.2) is 4.79 Å². The van der Waals surface area contributed by atoms with Gasteiger partial charge in [0.15, 0.2) is 0 Å². The topological polar surface area (TPSA) is 86.3 Å². The first kappa shape index (κ1) is 18.7. The molecule has 0 spiro atoms. The zero-order valence-electron chi connectivity index (χ0n) is 16.1. The number of piperidine rings is 1. The SMILES string of the molecule is O=C(O)c1ccc([C@H]2CCCN(C(=O)c3cn[nH]c3C3CCCCC3)C2)cc1. The van der Waals surface area contributed by atoms with Crippen molar-refractivity contribution < 1.29 is 14.7 Å². The molecule has 1 saturated carbocycles. The van der Waals surface area contributed by atoms with Crippen LogP contribution in [0.1, 0.15) is 88.8 Å². The largest absolute Gasteiger partial charge is 0.478 e. The zero-order valence-corrected chi connectivity index (χ0v) is 16.1. The number of aromatic amines is 1. The lowest BCUT2D eigenvalue weighted by Crippen LogP contribution is -2.39. The monoisotopic (exact) mass is 381 g/mol. The maximum Gasteiger partial charge on any atom is 0.335 e. The van der Waals surface area contributed by atoms with Crippen molar-refractivity contribution in [3.05, 3.63) is 52.8 Å². The molecule has 0 radical (unpaired) electrons. The molecule has 1 aromatic heterocycles. The molecule has 148 valence electrons. The molecule has 0 bridgehead atoms. The van der Waals surface area contributed by atoms with Crippen molar-refractivity contribution in [1.82, 2.24) is 15.1 Å². The molecular formula is C22H27N3O3. The van der Waals surface area contributed by atoms with E-state index in [4.69, 9.17) is 5.11 Å². The number of carboxylic acids is 1. The second-order valence-electron chi connectivity index (χ2n) is 8.05. The van der Waals surface area contributed by atoms with Gasteiger partial charge in [0.25, 0.3) is 5.91 Å². The minimum absolute atomic E-state index is 0.0705. The first-order valence-electron chi connectivity index (χ1n) is 10.3. The van der Waals surface area contributed by atoms with Gasteiger partial charge in [0, 0.05) is 24.9 Å². The van der Waals surface area contributed by atoms with E-state index in [9.17, 15) is 9.59 Å². The second-order valence-corrected chi connectivity index (χ2v) is 8.05. The molecule has 2 heterocycles. The van der Waals surface area contributed by atoms with Crippen molar-refractivity contribution in [1.29, 1.82) is 0 Å². The van der Waals surface area contributed by atoms with E-state index in [-0.39, 0.29) is 11.8 Å². The molecule has 1 saturated heterocycles. The van der Waals surface area contributed by atoms with Gasteiger partial charge in [0.05, 0.1) is 23.0 Å². The minimum Gasteiger partial charge on any atom is -0.478 e. The van der Waals surface area contributed by atoms with Crippen molar-refractivity contribution in [3.8, 4) is 0 Å². The second kappa shape index (κ2) is 8.17. The predicted octanol–water partition coefficient (Wildman–Crippen LogP) is 4.18. The molecule has 1 aliphatic carbocycles. The van der Waals surface area contributed by atoms with Crippen LogP contribution in [0.25, 0.3) is 0 Å². The number of carbonyl (C=O) groups excluding carboxylic acids is 1. The molecule has 1 atom stereocenters. The number of carbonyl (C=O) groups is 2. The van der Waals surface area contributed by atoms with E-state index in [1.54, 1.807) is 18.3 Å². The summed E-state index contributed by atoms with van der Waals surface area (Å²) in [4.78, 5) is 26.2. The molecule has 1 amide bonds. The van der Waals surface area contributed by atoms with Crippen molar-refractivity contribution in [2.45, 2.75) is 56.8 Å². The van der Waals surface area contributed by atoms with Gasteiger partial charge in [-0.15, -0.1) is 0 Å². The summed E-state index contributed by atoms with van der Waals surface area (Å²) < 4.78 is 0. The molecule has 2 N–H and O–H groups in total. The molecule has 1 aliphatic heterocycles. The van der Waals surface area contributed by atoms with Crippen LogP contribution in [0.2, 0.25) is 0 Å². The molecule has 2 fully saturated rings. The van der Waals surface area contributed by atoms with Gasteiger partial charge in [0.2, 0.25) is 0 Å². The maximum atomic E-state index is 13.2. The minimum atomic E-state index is -0.915. The van der Waals surface area contributed by atoms with Gasteiger partial charge in [-0.05, 0) is 43.4 Å². The van der Waals surface area contributed by atoms with E-state index in [1.165, 1.54) is 19.3 Å². The van der Waals surface area contributed by atoms with E-state index in [0.29, 0.717) is 18.0 Å². The summed E-state index contributed by atoms with van der Waals surface area (Å²) in [6, 6.07) is 7.06. The molecule has 2 aliphatic rings. The number of hydrogen-bond acceptors (Lipinski definition) is 3. The lowest BCUT2D eigenvalue weighted by Gasteiger charge is -2.33. The highest BCUT2D eigenvalue weighted by Gasteiger charge is 2.30. The summed E-state index contributed by atoms with van der Waals surface area (Å²) in [5.74, 6) is -0.187. The highest BCUT2D eigenvalue weighted by atomic mass is 16.4.